The van der Waals surface area contributed by atoms with Crippen LogP contribution in [0.4, 0.5) is 0 Å². The number of carbonyl (C=O) groups is 1. The van der Waals surface area contributed by atoms with Gasteiger partial charge in [0.15, 0.2) is 0 Å². The van der Waals surface area contributed by atoms with Gasteiger partial charge in [0.1, 0.15) is 12.4 Å². The zero-order chi connectivity index (χ0) is 13.0. The molecule has 1 fully saturated rings. The van der Waals surface area contributed by atoms with Crippen molar-refractivity contribution in [2.24, 2.45) is 5.92 Å². The van der Waals surface area contributed by atoms with Gasteiger partial charge in [-0.25, -0.2) is 0 Å². The molecule has 18 heavy (non-hydrogen) atoms. The van der Waals surface area contributed by atoms with Crippen molar-refractivity contribution in [3.8, 4) is 5.75 Å². The maximum atomic E-state index is 10.9. The summed E-state index contributed by atoms with van der Waals surface area (Å²) >= 11 is 0. The number of rotatable bonds is 7. The van der Waals surface area contributed by atoms with Crippen LogP contribution in [0.25, 0.3) is 0 Å². The van der Waals surface area contributed by atoms with Crippen LogP contribution in [0.15, 0.2) is 24.3 Å². The summed E-state index contributed by atoms with van der Waals surface area (Å²) in [5, 5.41) is 17.6. The maximum Gasteiger partial charge on any atom is 0.303 e. The van der Waals surface area contributed by atoms with Crippen LogP contribution in [0.3, 0.4) is 0 Å². The van der Waals surface area contributed by atoms with Gasteiger partial charge < -0.3 is 14.9 Å². The lowest BCUT2D eigenvalue weighted by Crippen LogP contribution is -2.08. The number of benzene rings is 1. The molecule has 1 aromatic rings. The van der Waals surface area contributed by atoms with Crippen LogP contribution in [0.1, 0.15) is 30.7 Å². The van der Waals surface area contributed by atoms with E-state index in [4.69, 9.17) is 14.9 Å². The molecule has 2 N–H and O–H groups in total. The van der Waals surface area contributed by atoms with Gasteiger partial charge in [-0.05, 0) is 42.4 Å². The number of aliphatic hydroxyl groups excluding tert-OH is 1. The first-order valence-corrected chi connectivity index (χ1v) is 6.26. The topological polar surface area (TPSA) is 66.8 Å². The Labute approximate surface area is 106 Å². The standard InChI is InChI=1S/C14H18O4/c15-7-8-18-12-5-3-11(4-6-12)13(9-14(16)17)10-1-2-10/h3-6,10,13,15H,1-2,7-9H2,(H,16,17). The first-order chi connectivity index (χ1) is 8.70. The van der Waals surface area contributed by atoms with Gasteiger partial charge >= 0.3 is 5.97 Å². The molecule has 0 spiro atoms. The summed E-state index contributed by atoms with van der Waals surface area (Å²) in [4.78, 5) is 10.9. The van der Waals surface area contributed by atoms with Crippen molar-refractivity contribution < 1.29 is 19.7 Å². The molecule has 0 heterocycles. The minimum Gasteiger partial charge on any atom is -0.491 e. The summed E-state index contributed by atoms with van der Waals surface area (Å²) in [5.74, 6) is 0.602. The minimum absolute atomic E-state index is 0.00847. The fourth-order valence-electron chi connectivity index (χ4n) is 2.22. The molecular weight excluding hydrogens is 232 g/mol. The lowest BCUT2D eigenvalue weighted by Gasteiger charge is -2.15. The van der Waals surface area contributed by atoms with E-state index in [9.17, 15) is 4.79 Å². The summed E-state index contributed by atoms with van der Waals surface area (Å²) in [5.41, 5.74) is 1.07. The van der Waals surface area contributed by atoms with Crippen molar-refractivity contribution in [2.75, 3.05) is 13.2 Å². The maximum absolute atomic E-state index is 10.9. The molecule has 0 amide bonds. The fraction of sp³-hybridized carbons (Fsp3) is 0.500. The SMILES string of the molecule is O=C(O)CC(c1ccc(OCCO)cc1)C1CC1. The van der Waals surface area contributed by atoms with Crippen LogP contribution in [-0.4, -0.2) is 29.4 Å². The third-order valence-electron chi connectivity index (χ3n) is 3.25. The summed E-state index contributed by atoms with van der Waals surface area (Å²) in [6, 6.07) is 7.53. The Hall–Kier alpha value is -1.55. The highest BCUT2D eigenvalue weighted by Gasteiger charge is 2.33. The van der Waals surface area contributed by atoms with E-state index in [1.54, 1.807) is 0 Å². The number of ether oxygens (including phenoxy) is 1. The quantitative estimate of drug-likeness (QED) is 0.777. The molecule has 0 saturated heterocycles. The molecular formula is C14H18O4. The van der Waals surface area contributed by atoms with Gasteiger partial charge in [0.2, 0.25) is 0 Å². The molecule has 1 saturated carbocycles. The number of aliphatic hydroxyl groups is 1. The summed E-state index contributed by atoms with van der Waals surface area (Å²) in [7, 11) is 0. The third-order valence-corrected chi connectivity index (χ3v) is 3.25. The predicted octanol–water partition coefficient (Wildman–Crippen LogP) is 2.03. The van der Waals surface area contributed by atoms with E-state index in [1.807, 2.05) is 24.3 Å². The monoisotopic (exact) mass is 250 g/mol. The van der Waals surface area contributed by atoms with Crippen molar-refractivity contribution in [3.05, 3.63) is 29.8 Å². The van der Waals surface area contributed by atoms with Crippen LogP contribution < -0.4 is 4.74 Å². The Balaban J connectivity index is 2.03. The summed E-state index contributed by atoms with van der Waals surface area (Å²) < 4.78 is 5.28. The average molecular weight is 250 g/mol. The molecule has 0 aliphatic heterocycles. The Morgan fingerprint density at radius 3 is 2.50 bits per heavy atom. The van der Waals surface area contributed by atoms with Crippen LogP contribution in [-0.2, 0) is 4.79 Å². The second-order valence-electron chi connectivity index (χ2n) is 4.68. The third kappa shape index (κ3) is 3.47. The largest absolute Gasteiger partial charge is 0.491 e. The Bertz CT molecular complexity index is 395. The molecule has 0 aromatic heterocycles. The van der Waals surface area contributed by atoms with Gasteiger partial charge in [-0.1, -0.05) is 12.1 Å². The van der Waals surface area contributed by atoms with Crippen molar-refractivity contribution in [1.82, 2.24) is 0 Å². The fourth-order valence-corrected chi connectivity index (χ4v) is 2.22. The van der Waals surface area contributed by atoms with Crippen LogP contribution in [0, 0.1) is 5.92 Å². The van der Waals surface area contributed by atoms with E-state index < -0.39 is 5.97 Å². The molecule has 1 aromatic carbocycles. The van der Waals surface area contributed by atoms with Crippen LogP contribution in [0.5, 0.6) is 5.75 Å². The zero-order valence-corrected chi connectivity index (χ0v) is 10.2. The van der Waals surface area contributed by atoms with Gasteiger partial charge in [-0.15, -0.1) is 0 Å². The van der Waals surface area contributed by atoms with Gasteiger partial charge in [-0.3, -0.25) is 4.79 Å². The van der Waals surface area contributed by atoms with Crippen LogP contribution in [0.2, 0.25) is 0 Å². The number of hydrogen-bond acceptors (Lipinski definition) is 3. The number of aliphatic carboxylic acids is 1. The van der Waals surface area contributed by atoms with Crippen molar-refractivity contribution >= 4 is 5.97 Å². The van der Waals surface area contributed by atoms with E-state index in [0.29, 0.717) is 11.7 Å². The molecule has 2 rings (SSSR count). The Morgan fingerprint density at radius 1 is 1.33 bits per heavy atom. The van der Waals surface area contributed by atoms with Crippen molar-refractivity contribution in [3.63, 3.8) is 0 Å². The molecule has 1 aliphatic rings. The number of carboxylic acids is 1. The van der Waals surface area contributed by atoms with E-state index in [1.165, 1.54) is 0 Å². The van der Waals surface area contributed by atoms with Gasteiger partial charge in [0.25, 0.3) is 0 Å². The predicted molar refractivity (Wildman–Crippen MR) is 66.7 cm³/mol. The smallest absolute Gasteiger partial charge is 0.303 e. The molecule has 4 heteroatoms. The van der Waals surface area contributed by atoms with E-state index in [0.717, 1.165) is 18.4 Å². The molecule has 1 unspecified atom stereocenters. The first-order valence-electron chi connectivity index (χ1n) is 6.26. The normalized spacial score (nSPS) is 16.3. The lowest BCUT2D eigenvalue weighted by molar-refractivity contribution is -0.137. The molecule has 1 aliphatic carbocycles. The number of carboxylic acid groups (broad SMARTS) is 1. The molecule has 0 bridgehead atoms. The molecule has 1 atom stereocenters. The van der Waals surface area contributed by atoms with E-state index in [2.05, 4.69) is 0 Å². The lowest BCUT2D eigenvalue weighted by atomic mass is 9.91. The summed E-state index contributed by atoms with van der Waals surface area (Å²) in [6.45, 7) is 0.270. The van der Waals surface area contributed by atoms with Gasteiger partial charge in [0, 0.05) is 0 Å². The second-order valence-corrected chi connectivity index (χ2v) is 4.68. The second kappa shape index (κ2) is 5.87. The Morgan fingerprint density at radius 2 is 2.00 bits per heavy atom. The first kappa shape index (κ1) is 12.9. The highest BCUT2D eigenvalue weighted by molar-refractivity contribution is 5.68. The van der Waals surface area contributed by atoms with Gasteiger partial charge in [0.05, 0.1) is 13.0 Å². The van der Waals surface area contributed by atoms with E-state index in [-0.39, 0.29) is 25.6 Å². The minimum atomic E-state index is -0.743. The molecule has 0 radical (unpaired) electrons. The Kier molecular flexibility index (Phi) is 4.20. The average Bonchev–Trinajstić information content (AvgIpc) is 3.18. The molecule has 4 nitrogen and oxygen atoms in total. The summed E-state index contributed by atoms with van der Waals surface area (Å²) in [6.07, 6.45) is 2.45. The zero-order valence-electron chi connectivity index (χ0n) is 10.2. The highest BCUT2D eigenvalue weighted by atomic mass is 16.5. The highest BCUT2D eigenvalue weighted by Crippen LogP contribution is 2.44. The number of hydrogen-bond donors (Lipinski definition) is 2. The van der Waals surface area contributed by atoms with Crippen LogP contribution >= 0.6 is 0 Å². The molecule has 98 valence electrons. The van der Waals surface area contributed by atoms with Crippen molar-refractivity contribution in [2.45, 2.75) is 25.2 Å². The van der Waals surface area contributed by atoms with Crippen molar-refractivity contribution in [1.29, 1.82) is 0 Å². The van der Waals surface area contributed by atoms with Gasteiger partial charge in [-0.2, -0.15) is 0 Å². The van der Waals surface area contributed by atoms with E-state index >= 15 is 0 Å².